The monoisotopic (exact) mass is 299 g/mol. The third-order valence-corrected chi connectivity index (χ3v) is 4.30. The Labute approximate surface area is 133 Å². The van der Waals surface area contributed by atoms with E-state index in [2.05, 4.69) is 26.7 Å². The van der Waals surface area contributed by atoms with E-state index in [0.717, 1.165) is 33.5 Å². The quantitative estimate of drug-likeness (QED) is 0.563. The lowest BCUT2D eigenvalue weighted by atomic mass is 10.1. The van der Waals surface area contributed by atoms with Crippen molar-refractivity contribution in [3.63, 3.8) is 0 Å². The maximum atomic E-state index is 6.41. The van der Waals surface area contributed by atoms with Gasteiger partial charge in [0.25, 0.3) is 0 Å². The van der Waals surface area contributed by atoms with E-state index >= 15 is 0 Å². The Hall–Kier alpha value is -3.14. The molecule has 0 fully saturated rings. The van der Waals surface area contributed by atoms with Crippen LogP contribution in [-0.2, 0) is 0 Å². The van der Waals surface area contributed by atoms with Crippen LogP contribution in [0.2, 0.25) is 0 Å². The Bertz CT molecular complexity index is 1020. The molecule has 4 aromatic rings. The van der Waals surface area contributed by atoms with Crippen LogP contribution in [0.3, 0.4) is 0 Å². The van der Waals surface area contributed by atoms with Gasteiger partial charge in [-0.1, -0.05) is 30.3 Å². The first-order valence-corrected chi connectivity index (χ1v) is 7.53. The summed E-state index contributed by atoms with van der Waals surface area (Å²) in [7, 11) is 0. The lowest BCUT2D eigenvalue weighted by Crippen LogP contribution is -2.06. The molecule has 0 saturated carbocycles. The summed E-state index contributed by atoms with van der Waals surface area (Å²) < 4.78 is 8.50. The van der Waals surface area contributed by atoms with Gasteiger partial charge in [0.1, 0.15) is 5.75 Å². The normalized spacial score (nSPS) is 15.4. The number of nitrogens with zero attached hydrogens (tertiary/aromatic N) is 3. The fourth-order valence-electron chi connectivity index (χ4n) is 3.23. The Morgan fingerprint density at radius 3 is 2.87 bits per heavy atom. The van der Waals surface area contributed by atoms with E-state index in [9.17, 15) is 0 Å². The number of imidazole rings is 1. The van der Waals surface area contributed by atoms with Crippen LogP contribution in [0.5, 0.6) is 5.75 Å². The van der Waals surface area contributed by atoms with Gasteiger partial charge in [0.15, 0.2) is 6.10 Å². The van der Waals surface area contributed by atoms with Gasteiger partial charge in [-0.3, -0.25) is 9.55 Å². The van der Waals surface area contributed by atoms with Gasteiger partial charge >= 0.3 is 0 Å². The fourth-order valence-corrected chi connectivity index (χ4v) is 3.23. The van der Waals surface area contributed by atoms with E-state index < -0.39 is 0 Å². The van der Waals surface area contributed by atoms with Crippen molar-refractivity contribution >= 4 is 10.8 Å². The van der Waals surface area contributed by atoms with Gasteiger partial charge in [0.05, 0.1) is 23.9 Å². The smallest absolute Gasteiger partial charge is 0.168 e. The minimum absolute atomic E-state index is 0.146. The first-order chi connectivity index (χ1) is 11.4. The van der Waals surface area contributed by atoms with Crippen LogP contribution in [0.4, 0.5) is 0 Å². The standard InChI is InChI=1S/C19H13N3O/c1-2-6-16-15(5-1)19(17-11-21-12-22(16)17)23-18-7-3-4-13-10-20-9-8-14(13)18/h1-12,19H. The molecule has 0 amide bonds. The van der Waals surface area contributed by atoms with E-state index in [0.29, 0.717) is 0 Å². The van der Waals surface area contributed by atoms with Gasteiger partial charge in [0, 0.05) is 28.7 Å². The third kappa shape index (κ3) is 1.78. The van der Waals surface area contributed by atoms with Gasteiger partial charge in [0.2, 0.25) is 0 Å². The van der Waals surface area contributed by atoms with Crippen molar-refractivity contribution in [2.24, 2.45) is 0 Å². The minimum atomic E-state index is -0.146. The molecule has 0 radical (unpaired) electrons. The topological polar surface area (TPSA) is 39.9 Å². The van der Waals surface area contributed by atoms with Crippen LogP contribution in [0, 0.1) is 0 Å². The molecule has 4 heteroatoms. The third-order valence-electron chi connectivity index (χ3n) is 4.30. The van der Waals surface area contributed by atoms with Crippen LogP contribution >= 0.6 is 0 Å². The van der Waals surface area contributed by atoms with Crippen molar-refractivity contribution < 1.29 is 4.74 Å². The molecule has 1 aliphatic heterocycles. The van der Waals surface area contributed by atoms with Crippen LogP contribution in [0.25, 0.3) is 16.5 Å². The Kier molecular flexibility index (Phi) is 2.52. The van der Waals surface area contributed by atoms with E-state index in [1.807, 2.05) is 55.1 Å². The summed E-state index contributed by atoms with van der Waals surface area (Å²) >= 11 is 0. The van der Waals surface area contributed by atoms with Crippen LogP contribution in [0.15, 0.2) is 73.4 Å². The number of hydrogen-bond donors (Lipinski definition) is 0. The highest BCUT2D eigenvalue weighted by molar-refractivity contribution is 5.87. The molecule has 0 N–H and O–H groups in total. The van der Waals surface area contributed by atoms with Crippen molar-refractivity contribution in [2.75, 3.05) is 0 Å². The maximum absolute atomic E-state index is 6.41. The Balaban J connectivity index is 1.66. The number of para-hydroxylation sites is 1. The highest BCUT2D eigenvalue weighted by Gasteiger charge is 2.30. The van der Waals surface area contributed by atoms with Gasteiger partial charge in [-0.15, -0.1) is 0 Å². The molecule has 4 nitrogen and oxygen atoms in total. The molecule has 0 spiro atoms. The maximum Gasteiger partial charge on any atom is 0.168 e. The molecular weight excluding hydrogens is 286 g/mol. The Morgan fingerprint density at radius 1 is 0.913 bits per heavy atom. The highest BCUT2D eigenvalue weighted by atomic mass is 16.5. The van der Waals surface area contributed by atoms with E-state index in [1.54, 1.807) is 6.20 Å². The summed E-state index contributed by atoms with van der Waals surface area (Å²) in [6.07, 6.45) is 7.21. The summed E-state index contributed by atoms with van der Waals surface area (Å²) in [5.41, 5.74) is 3.35. The Morgan fingerprint density at radius 2 is 1.87 bits per heavy atom. The van der Waals surface area contributed by atoms with Crippen molar-refractivity contribution in [2.45, 2.75) is 6.10 Å². The summed E-state index contributed by atoms with van der Waals surface area (Å²) in [5, 5.41) is 2.14. The predicted octanol–water partition coefficient (Wildman–Crippen LogP) is 3.90. The summed E-state index contributed by atoms with van der Waals surface area (Å²) in [5.74, 6) is 0.861. The number of aromatic nitrogens is 3. The van der Waals surface area contributed by atoms with Crippen molar-refractivity contribution in [1.82, 2.24) is 14.5 Å². The molecule has 5 rings (SSSR count). The van der Waals surface area contributed by atoms with Gasteiger partial charge in [-0.25, -0.2) is 4.98 Å². The van der Waals surface area contributed by atoms with Gasteiger partial charge in [-0.05, 0) is 18.2 Å². The average Bonchev–Trinajstić information content (AvgIpc) is 3.18. The fraction of sp³-hybridized carbons (Fsp3) is 0.0526. The molecule has 0 aliphatic carbocycles. The second-order valence-corrected chi connectivity index (χ2v) is 5.60. The van der Waals surface area contributed by atoms with Crippen molar-refractivity contribution in [1.29, 1.82) is 0 Å². The van der Waals surface area contributed by atoms with Gasteiger partial charge < -0.3 is 4.74 Å². The second-order valence-electron chi connectivity index (χ2n) is 5.60. The van der Waals surface area contributed by atoms with Crippen LogP contribution in [-0.4, -0.2) is 14.5 Å². The highest BCUT2D eigenvalue weighted by Crippen LogP contribution is 2.40. The number of ether oxygens (including phenoxy) is 1. The molecule has 1 unspecified atom stereocenters. The second kappa shape index (κ2) is 4.68. The first kappa shape index (κ1) is 12.4. The molecule has 0 bridgehead atoms. The van der Waals surface area contributed by atoms with E-state index in [1.165, 1.54) is 0 Å². The largest absolute Gasteiger partial charge is 0.479 e. The molecule has 2 aromatic carbocycles. The summed E-state index contributed by atoms with van der Waals surface area (Å²) in [6, 6.07) is 16.3. The number of fused-ring (bicyclic) bond motifs is 4. The zero-order valence-corrected chi connectivity index (χ0v) is 12.3. The molecule has 110 valence electrons. The predicted molar refractivity (Wildman–Crippen MR) is 87.8 cm³/mol. The minimum Gasteiger partial charge on any atom is -0.479 e. The molecule has 1 atom stereocenters. The average molecular weight is 299 g/mol. The number of benzene rings is 2. The summed E-state index contributed by atoms with van der Waals surface area (Å²) in [6.45, 7) is 0. The lowest BCUT2D eigenvalue weighted by Gasteiger charge is -2.16. The molecule has 2 aromatic heterocycles. The molecule has 23 heavy (non-hydrogen) atoms. The first-order valence-electron chi connectivity index (χ1n) is 7.53. The lowest BCUT2D eigenvalue weighted by molar-refractivity contribution is 0.252. The van der Waals surface area contributed by atoms with Crippen LogP contribution in [0.1, 0.15) is 17.4 Å². The summed E-state index contributed by atoms with van der Waals surface area (Å²) in [4.78, 5) is 8.45. The zero-order chi connectivity index (χ0) is 15.2. The van der Waals surface area contributed by atoms with Crippen LogP contribution < -0.4 is 4.74 Å². The van der Waals surface area contributed by atoms with E-state index in [4.69, 9.17) is 4.74 Å². The van der Waals surface area contributed by atoms with Gasteiger partial charge in [-0.2, -0.15) is 0 Å². The molecule has 0 saturated heterocycles. The number of hydrogen-bond acceptors (Lipinski definition) is 3. The molecular formula is C19H13N3O. The molecule has 1 aliphatic rings. The number of pyridine rings is 1. The molecule has 3 heterocycles. The van der Waals surface area contributed by atoms with Crippen molar-refractivity contribution in [3.05, 3.63) is 84.7 Å². The zero-order valence-electron chi connectivity index (χ0n) is 12.3. The van der Waals surface area contributed by atoms with Crippen molar-refractivity contribution in [3.8, 4) is 11.4 Å². The van der Waals surface area contributed by atoms with E-state index in [-0.39, 0.29) is 6.10 Å². The SMILES string of the molecule is c1ccc2c(c1)C(Oc1cccc3cnccc13)c1cncn1-2. The number of rotatable bonds is 2.